The van der Waals surface area contributed by atoms with Crippen LogP contribution in [0.1, 0.15) is 29.6 Å². The van der Waals surface area contributed by atoms with Crippen LogP contribution in [0.15, 0.2) is 18.3 Å². The lowest BCUT2D eigenvalue weighted by Gasteiger charge is -2.25. The van der Waals surface area contributed by atoms with E-state index >= 15 is 0 Å². The fourth-order valence-electron chi connectivity index (χ4n) is 2.85. The summed E-state index contributed by atoms with van der Waals surface area (Å²) in [7, 11) is 5.19. The Bertz CT molecular complexity index is 547. The molecule has 0 aliphatic carbocycles. The van der Waals surface area contributed by atoms with Gasteiger partial charge in [0.05, 0.1) is 12.7 Å². The van der Waals surface area contributed by atoms with Gasteiger partial charge in [0.2, 0.25) is 11.8 Å². The molecule has 1 aliphatic rings. The minimum Gasteiger partial charge on any atom is -0.481 e. The molecule has 0 spiro atoms. The molecule has 1 saturated heterocycles. The number of likely N-dealkylation sites (N-methyl/N-ethyl adjacent to an activating group) is 1. The van der Waals surface area contributed by atoms with Crippen molar-refractivity contribution in [2.75, 3.05) is 27.7 Å². The predicted molar refractivity (Wildman–Crippen MR) is 86.4 cm³/mol. The van der Waals surface area contributed by atoms with Gasteiger partial charge in [-0.2, -0.15) is 0 Å². The molecule has 0 saturated carbocycles. The molecule has 1 aromatic heterocycles. The van der Waals surface area contributed by atoms with Crippen molar-refractivity contribution >= 4 is 11.8 Å². The summed E-state index contributed by atoms with van der Waals surface area (Å²) in [6.45, 7) is 0.561. The third-order valence-corrected chi connectivity index (χ3v) is 4.39. The number of aromatic nitrogens is 1. The first-order valence-electron chi connectivity index (χ1n) is 7.76. The zero-order valence-corrected chi connectivity index (χ0v) is 13.8. The van der Waals surface area contributed by atoms with Crippen LogP contribution in [0.2, 0.25) is 0 Å². The fourth-order valence-corrected chi connectivity index (χ4v) is 2.85. The fraction of sp³-hybridized carbons (Fsp3) is 0.562. The van der Waals surface area contributed by atoms with E-state index in [1.54, 1.807) is 19.2 Å². The molecule has 0 radical (unpaired) electrons. The summed E-state index contributed by atoms with van der Waals surface area (Å²) in [5.41, 5.74) is 0.508. The molecule has 0 bridgehead atoms. The smallest absolute Gasteiger partial charge is 0.252 e. The van der Waals surface area contributed by atoms with Crippen LogP contribution in [0.4, 0.5) is 0 Å². The van der Waals surface area contributed by atoms with E-state index in [9.17, 15) is 9.59 Å². The summed E-state index contributed by atoms with van der Waals surface area (Å²) in [6.07, 6.45) is 3.94. The Kier molecular flexibility index (Phi) is 5.92. The third-order valence-electron chi connectivity index (χ3n) is 4.39. The Morgan fingerprint density at radius 3 is 2.70 bits per heavy atom. The van der Waals surface area contributed by atoms with Crippen LogP contribution in [0.3, 0.4) is 0 Å². The minimum atomic E-state index is -0.150. The Hall–Kier alpha value is -2.15. The summed E-state index contributed by atoms with van der Waals surface area (Å²) < 4.78 is 4.97. The second kappa shape index (κ2) is 7.92. The van der Waals surface area contributed by atoms with Gasteiger partial charge in [-0.3, -0.25) is 14.5 Å². The Labute approximate surface area is 136 Å². The molecule has 23 heavy (non-hydrogen) atoms. The van der Waals surface area contributed by atoms with E-state index in [1.807, 2.05) is 7.05 Å². The van der Waals surface area contributed by atoms with Crippen molar-refractivity contribution < 1.29 is 14.3 Å². The predicted octanol–water partition coefficient (Wildman–Crippen LogP) is 0.419. The van der Waals surface area contributed by atoms with E-state index in [-0.39, 0.29) is 23.9 Å². The van der Waals surface area contributed by atoms with Crippen LogP contribution in [0.25, 0.3) is 0 Å². The molecule has 7 heteroatoms. The van der Waals surface area contributed by atoms with Crippen LogP contribution in [0, 0.1) is 0 Å². The number of hydrogen-bond donors (Lipinski definition) is 2. The number of rotatable bonds is 6. The molecular weight excluding hydrogens is 296 g/mol. The minimum absolute atomic E-state index is 0.0517. The van der Waals surface area contributed by atoms with Crippen LogP contribution in [-0.4, -0.2) is 61.5 Å². The molecule has 7 nitrogen and oxygen atoms in total. The standard InChI is InChI=1S/C16H24N4O3/c1-17-14(21)8-12-5-6-13(20(12)2)10-19-16(22)11-4-7-15(23-3)18-9-11/h4,7,9,12-13H,5-6,8,10H2,1-3H3,(H,17,21)(H,19,22)/t12-,13+/m1/s1. The van der Waals surface area contributed by atoms with Crippen LogP contribution >= 0.6 is 0 Å². The van der Waals surface area contributed by atoms with Crippen LogP contribution in [-0.2, 0) is 4.79 Å². The quantitative estimate of drug-likeness (QED) is 0.794. The summed E-state index contributed by atoms with van der Waals surface area (Å²) in [4.78, 5) is 29.8. The van der Waals surface area contributed by atoms with Gasteiger partial charge in [-0.15, -0.1) is 0 Å². The molecule has 2 N–H and O–H groups in total. The Morgan fingerprint density at radius 2 is 2.09 bits per heavy atom. The number of carbonyl (C=O) groups is 2. The highest BCUT2D eigenvalue weighted by Crippen LogP contribution is 2.24. The summed E-state index contributed by atoms with van der Waals surface area (Å²) in [6, 6.07) is 3.84. The summed E-state index contributed by atoms with van der Waals surface area (Å²) in [5.74, 6) is 0.383. The maximum Gasteiger partial charge on any atom is 0.252 e. The molecule has 2 amide bonds. The van der Waals surface area contributed by atoms with Crippen molar-refractivity contribution in [3.63, 3.8) is 0 Å². The molecule has 2 rings (SSSR count). The maximum absolute atomic E-state index is 12.1. The Morgan fingerprint density at radius 1 is 1.35 bits per heavy atom. The van der Waals surface area contributed by atoms with Crippen molar-refractivity contribution in [2.45, 2.75) is 31.3 Å². The van der Waals surface area contributed by atoms with Gasteiger partial charge >= 0.3 is 0 Å². The van der Waals surface area contributed by atoms with Crippen molar-refractivity contribution in [3.05, 3.63) is 23.9 Å². The second-order valence-corrected chi connectivity index (χ2v) is 5.73. The number of methoxy groups -OCH3 is 1. The van der Waals surface area contributed by atoms with Gasteiger partial charge in [0.25, 0.3) is 5.91 Å². The lowest BCUT2D eigenvalue weighted by Crippen LogP contribution is -2.42. The number of nitrogens with one attached hydrogen (secondary N) is 2. The highest BCUT2D eigenvalue weighted by Gasteiger charge is 2.31. The van der Waals surface area contributed by atoms with Crippen molar-refractivity contribution in [3.8, 4) is 5.88 Å². The largest absolute Gasteiger partial charge is 0.481 e. The van der Waals surface area contributed by atoms with Crippen molar-refractivity contribution in [1.82, 2.24) is 20.5 Å². The topological polar surface area (TPSA) is 83.6 Å². The number of likely N-dealkylation sites (tertiary alicyclic amines) is 1. The molecule has 2 heterocycles. The zero-order valence-electron chi connectivity index (χ0n) is 13.8. The first-order valence-corrected chi connectivity index (χ1v) is 7.76. The molecule has 1 aliphatic heterocycles. The molecule has 0 aromatic carbocycles. The molecule has 2 atom stereocenters. The van der Waals surface area contributed by atoms with Crippen LogP contribution < -0.4 is 15.4 Å². The first kappa shape index (κ1) is 17.2. The van der Waals surface area contributed by atoms with E-state index in [0.29, 0.717) is 24.4 Å². The molecule has 126 valence electrons. The van der Waals surface area contributed by atoms with Crippen molar-refractivity contribution in [2.24, 2.45) is 0 Å². The first-order chi connectivity index (χ1) is 11.0. The van der Waals surface area contributed by atoms with E-state index in [4.69, 9.17) is 4.74 Å². The van der Waals surface area contributed by atoms with E-state index in [0.717, 1.165) is 12.8 Å². The monoisotopic (exact) mass is 320 g/mol. The normalized spacial score (nSPS) is 21.0. The lowest BCUT2D eigenvalue weighted by atomic mass is 10.1. The van der Waals surface area contributed by atoms with Gasteiger partial charge in [0.1, 0.15) is 0 Å². The van der Waals surface area contributed by atoms with E-state index in [1.165, 1.54) is 13.3 Å². The number of carbonyl (C=O) groups excluding carboxylic acids is 2. The van der Waals surface area contributed by atoms with Gasteiger partial charge in [0, 0.05) is 44.4 Å². The van der Waals surface area contributed by atoms with Gasteiger partial charge in [0.15, 0.2) is 0 Å². The number of hydrogen-bond acceptors (Lipinski definition) is 5. The number of ether oxygens (including phenoxy) is 1. The van der Waals surface area contributed by atoms with E-state index < -0.39 is 0 Å². The molecule has 1 fully saturated rings. The van der Waals surface area contributed by atoms with Gasteiger partial charge in [-0.1, -0.05) is 0 Å². The van der Waals surface area contributed by atoms with Gasteiger partial charge in [-0.05, 0) is 26.0 Å². The number of pyridine rings is 1. The van der Waals surface area contributed by atoms with Gasteiger partial charge < -0.3 is 15.4 Å². The van der Waals surface area contributed by atoms with Gasteiger partial charge in [-0.25, -0.2) is 4.98 Å². The van der Waals surface area contributed by atoms with Crippen molar-refractivity contribution in [1.29, 1.82) is 0 Å². The van der Waals surface area contributed by atoms with E-state index in [2.05, 4.69) is 20.5 Å². The summed E-state index contributed by atoms with van der Waals surface area (Å²) in [5, 5.41) is 5.59. The molecule has 1 aromatic rings. The van der Waals surface area contributed by atoms with Crippen LogP contribution in [0.5, 0.6) is 5.88 Å². The Balaban J connectivity index is 1.83. The number of nitrogens with zero attached hydrogens (tertiary/aromatic N) is 2. The highest BCUT2D eigenvalue weighted by molar-refractivity contribution is 5.93. The third kappa shape index (κ3) is 4.41. The zero-order chi connectivity index (χ0) is 16.8. The molecular formula is C16H24N4O3. The summed E-state index contributed by atoms with van der Waals surface area (Å²) >= 11 is 0. The molecule has 0 unspecified atom stereocenters. The maximum atomic E-state index is 12.1. The SMILES string of the molecule is CNC(=O)C[C@H]1CC[C@@H](CNC(=O)c2ccc(OC)nc2)N1C. The second-order valence-electron chi connectivity index (χ2n) is 5.73. The lowest BCUT2D eigenvalue weighted by molar-refractivity contribution is -0.121. The highest BCUT2D eigenvalue weighted by atomic mass is 16.5. The average Bonchev–Trinajstić information content (AvgIpc) is 2.92. The number of amides is 2. The average molecular weight is 320 g/mol.